The molecule has 0 saturated carbocycles. The van der Waals surface area contributed by atoms with Gasteiger partial charge in [-0.15, -0.1) is 0 Å². The summed E-state index contributed by atoms with van der Waals surface area (Å²) in [5.41, 5.74) is 2.16. The molecule has 0 radical (unpaired) electrons. The minimum atomic E-state index is 0.303. The number of halogens is 1. The van der Waals surface area contributed by atoms with Crippen LogP contribution in [0, 0.1) is 6.92 Å². The zero-order valence-corrected chi connectivity index (χ0v) is 10.6. The maximum atomic E-state index is 6.39. The predicted octanol–water partition coefficient (Wildman–Crippen LogP) is 2.67. The Balaban J connectivity index is 1.91. The number of hydrogen-bond donors (Lipinski definition) is 1. The van der Waals surface area contributed by atoms with Gasteiger partial charge in [-0.05, 0) is 44.4 Å². The standard InChI is InChI=1S/C13H16ClNO2/c1-8-12(14)9(5-10-3-2-4-15-10)6-11-13(8)17-7-16-11/h6,10,15H,2-5,7H2,1H3. The molecule has 92 valence electrons. The van der Waals surface area contributed by atoms with Crippen LogP contribution in [0.15, 0.2) is 6.07 Å². The number of hydrogen-bond acceptors (Lipinski definition) is 3. The molecule has 0 bridgehead atoms. The Kier molecular flexibility index (Phi) is 2.89. The average molecular weight is 254 g/mol. The number of nitrogens with one attached hydrogen (secondary N) is 1. The lowest BCUT2D eigenvalue weighted by Crippen LogP contribution is -2.23. The van der Waals surface area contributed by atoms with Crippen LogP contribution in [-0.4, -0.2) is 19.4 Å². The third-order valence-corrected chi connectivity index (χ3v) is 4.05. The Morgan fingerprint density at radius 3 is 3.12 bits per heavy atom. The first kappa shape index (κ1) is 11.2. The summed E-state index contributed by atoms with van der Waals surface area (Å²) in [6.07, 6.45) is 3.45. The zero-order valence-electron chi connectivity index (χ0n) is 9.88. The highest BCUT2D eigenvalue weighted by Crippen LogP contribution is 2.41. The Labute approximate surface area is 106 Å². The molecule has 0 aromatic heterocycles. The molecule has 2 aliphatic rings. The molecule has 1 N–H and O–H groups in total. The third-order valence-electron chi connectivity index (χ3n) is 3.53. The zero-order chi connectivity index (χ0) is 11.8. The molecule has 17 heavy (non-hydrogen) atoms. The number of fused-ring (bicyclic) bond motifs is 1. The highest BCUT2D eigenvalue weighted by molar-refractivity contribution is 6.32. The lowest BCUT2D eigenvalue weighted by molar-refractivity contribution is 0.173. The van der Waals surface area contributed by atoms with Gasteiger partial charge in [0.05, 0.1) is 5.02 Å². The Morgan fingerprint density at radius 1 is 1.47 bits per heavy atom. The molecule has 3 rings (SSSR count). The highest BCUT2D eigenvalue weighted by atomic mass is 35.5. The van der Waals surface area contributed by atoms with E-state index in [1.165, 1.54) is 12.8 Å². The van der Waals surface area contributed by atoms with Crippen LogP contribution in [0.1, 0.15) is 24.0 Å². The SMILES string of the molecule is Cc1c(Cl)c(CC2CCCN2)cc2c1OCO2. The van der Waals surface area contributed by atoms with Gasteiger partial charge in [0, 0.05) is 11.6 Å². The highest BCUT2D eigenvalue weighted by Gasteiger charge is 2.23. The second-order valence-electron chi connectivity index (χ2n) is 4.71. The summed E-state index contributed by atoms with van der Waals surface area (Å²) in [5.74, 6) is 1.64. The minimum Gasteiger partial charge on any atom is -0.454 e. The van der Waals surface area contributed by atoms with Crippen molar-refractivity contribution in [1.29, 1.82) is 0 Å². The van der Waals surface area contributed by atoms with Crippen LogP contribution in [0.3, 0.4) is 0 Å². The summed E-state index contributed by atoms with van der Waals surface area (Å²) >= 11 is 6.39. The molecule has 1 aromatic rings. The van der Waals surface area contributed by atoms with Crippen molar-refractivity contribution in [3.05, 3.63) is 22.2 Å². The fourth-order valence-corrected chi connectivity index (χ4v) is 2.81. The Morgan fingerprint density at radius 2 is 2.35 bits per heavy atom. The molecule has 0 amide bonds. The van der Waals surface area contributed by atoms with Crippen LogP contribution >= 0.6 is 11.6 Å². The summed E-state index contributed by atoms with van der Waals surface area (Å²) in [6.45, 7) is 3.41. The lowest BCUT2D eigenvalue weighted by atomic mass is 10.0. The monoisotopic (exact) mass is 253 g/mol. The van der Waals surface area contributed by atoms with Crippen molar-refractivity contribution in [2.45, 2.75) is 32.2 Å². The summed E-state index contributed by atoms with van der Waals surface area (Å²) < 4.78 is 10.9. The van der Waals surface area contributed by atoms with Gasteiger partial charge in [0.2, 0.25) is 6.79 Å². The van der Waals surface area contributed by atoms with Gasteiger partial charge in [0.1, 0.15) is 0 Å². The van der Waals surface area contributed by atoms with Gasteiger partial charge in [-0.25, -0.2) is 0 Å². The molecule has 1 unspecified atom stereocenters. The maximum Gasteiger partial charge on any atom is 0.231 e. The average Bonchev–Trinajstić information content (AvgIpc) is 2.96. The van der Waals surface area contributed by atoms with Crippen LogP contribution in [0.5, 0.6) is 11.5 Å². The molecular formula is C13H16ClNO2. The van der Waals surface area contributed by atoms with Gasteiger partial charge in [0.25, 0.3) is 0 Å². The molecule has 1 aromatic carbocycles. The quantitative estimate of drug-likeness (QED) is 0.879. The summed E-state index contributed by atoms with van der Waals surface area (Å²) in [4.78, 5) is 0. The number of ether oxygens (including phenoxy) is 2. The van der Waals surface area contributed by atoms with E-state index in [-0.39, 0.29) is 0 Å². The van der Waals surface area contributed by atoms with Crippen molar-refractivity contribution in [3.63, 3.8) is 0 Å². The van der Waals surface area contributed by atoms with E-state index >= 15 is 0 Å². The van der Waals surface area contributed by atoms with Crippen molar-refractivity contribution >= 4 is 11.6 Å². The third kappa shape index (κ3) is 1.98. The molecule has 0 spiro atoms. The van der Waals surface area contributed by atoms with E-state index in [1.54, 1.807) is 0 Å². The van der Waals surface area contributed by atoms with E-state index in [9.17, 15) is 0 Å². The molecule has 1 atom stereocenters. The van der Waals surface area contributed by atoms with Gasteiger partial charge < -0.3 is 14.8 Å². The molecule has 4 heteroatoms. The second-order valence-corrected chi connectivity index (χ2v) is 5.08. The van der Waals surface area contributed by atoms with Crippen molar-refractivity contribution in [2.24, 2.45) is 0 Å². The van der Waals surface area contributed by atoms with Gasteiger partial charge >= 0.3 is 0 Å². The molecule has 0 aliphatic carbocycles. The Hall–Kier alpha value is -0.930. The van der Waals surface area contributed by atoms with Crippen molar-refractivity contribution in [2.75, 3.05) is 13.3 Å². The fraction of sp³-hybridized carbons (Fsp3) is 0.538. The predicted molar refractivity (Wildman–Crippen MR) is 67.0 cm³/mol. The lowest BCUT2D eigenvalue weighted by Gasteiger charge is -2.14. The molecule has 1 fully saturated rings. The first-order chi connectivity index (χ1) is 8.25. The van der Waals surface area contributed by atoms with Crippen LogP contribution in [0.2, 0.25) is 5.02 Å². The van der Waals surface area contributed by atoms with Crippen molar-refractivity contribution < 1.29 is 9.47 Å². The Bertz CT molecular complexity index is 442. The van der Waals surface area contributed by atoms with Gasteiger partial charge in [-0.3, -0.25) is 0 Å². The molecule has 2 aliphatic heterocycles. The smallest absolute Gasteiger partial charge is 0.231 e. The molecule has 2 heterocycles. The van der Waals surface area contributed by atoms with Crippen molar-refractivity contribution in [1.82, 2.24) is 5.32 Å². The largest absolute Gasteiger partial charge is 0.454 e. The van der Waals surface area contributed by atoms with Gasteiger partial charge in [-0.1, -0.05) is 11.6 Å². The minimum absolute atomic E-state index is 0.303. The van der Waals surface area contributed by atoms with Crippen LogP contribution in [0.4, 0.5) is 0 Å². The summed E-state index contributed by atoms with van der Waals surface area (Å²) in [7, 11) is 0. The summed E-state index contributed by atoms with van der Waals surface area (Å²) in [5, 5.41) is 4.31. The van der Waals surface area contributed by atoms with Gasteiger partial charge in [-0.2, -0.15) is 0 Å². The molecule has 1 saturated heterocycles. The normalized spacial score (nSPS) is 22.1. The van der Waals surface area contributed by atoms with Crippen LogP contribution < -0.4 is 14.8 Å². The van der Waals surface area contributed by atoms with E-state index in [4.69, 9.17) is 21.1 Å². The topological polar surface area (TPSA) is 30.5 Å². The maximum absolute atomic E-state index is 6.39. The van der Waals surface area contributed by atoms with Crippen molar-refractivity contribution in [3.8, 4) is 11.5 Å². The van der Waals surface area contributed by atoms with Crippen LogP contribution in [0.25, 0.3) is 0 Å². The number of benzene rings is 1. The van der Waals surface area contributed by atoms with E-state index < -0.39 is 0 Å². The van der Waals surface area contributed by atoms with E-state index in [2.05, 4.69) is 5.32 Å². The number of rotatable bonds is 2. The van der Waals surface area contributed by atoms with E-state index in [0.29, 0.717) is 12.8 Å². The van der Waals surface area contributed by atoms with E-state index in [0.717, 1.165) is 40.6 Å². The molecular weight excluding hydrogens is 238 g/mol. The van der Waals surface area contributed by atoms with Crippen LogP contribution in [-0.2, 0) is 6.42 Å². The fourth-order valence-electron chi connectivity index (χ4n) is 2.60. The first-order valence-corrected chi connectivity index (χ1v) is 6.44. The summed E-state index contributed by atoms with van der Waals surface area (Å²) in [6, 6.07) is 2.57. The molecule has 3 nitrogen and oxygen atoms in total. The van der Waals surface area contributed by atoms with Gasteiger partial charge in [0.15, 0.2) is 11.5 Å². The second kappa shape index (κ2) is 4.39. The first-order valence-electron chi connectivity index (χ1n) is 6.06. The van der Waals surface area contributed by atoms with E-state index in [1.807, 2.05) is 13.0 Å².